The fourth-order valence-electron chi connectivity index (χ4n) is 2.84. The van der Waals surface area contributed by atoms with Crippen LogP contribution in [-0.4, -0.2) is 60.1 Å². The molecule has 2 N–H and O–H groups in total. The van der Waals surface area contributed by atoms with Crippen LogP contribution in [-0.2, 0) is 14.3 Å². The molecule has 1 fully saturated rings. The van der Waals surface area contributed by atoms with Gasteiger partial charge in [0, 0.05) is 18.7 Å². The number of thiocarbonyl (C=S) groups is 1. The monoisotopic (exact) mass is 421 g/mol. The summed E-state index contributed by atoms with van der Waals surface area (Å²) in [5, 5.41) is 5.46. The fraction of sp³-hybridized carbons (Fsp3) is 0.500. The van der Waals surface area contributed by atoms with Crippen molar-refractivity contribution in [1.29, 1.82) is 0 Å². The number of hydrogen-bond donors (Lipinski definition) is 2. The smallest absolute Gasteiger partial charge is 0.308 e. The number of amides is 2. The van der Waals surface area contributed by atoms with Crippen LogP contribution in [0.2, 0.25) is 0 Å². The quantitative estimate of drug-likeness (QED) is 0.374. The van der Waals surface area contributed by atoms with Gasteiger partial charge in [0.2, 0.25) is 5.91 Å². The van der Waals surface area contributed by atoms with E-state index < -0.39 is 17.9 Å². The van der Waals surface area contributed by atoms with Gasteiger partial charge in [-0.05, 0) is 43.8 Å². The lowest BCUT2D eigenvalue weighted by atomic mass is 10.1. The summed E-state index contributed by atoms with van der Waals surface area (Å²) in [5.41, 5.74) is 0.385. The first-order valence-electron chi connectivity index (χ1n) is 9.74. The van der Waals surface area contributed by atoms with E-state index >= 15 is 0 Å². The van der Waals surface area contributed by atoms with Crippen molar-refractivity contribution in [1.82, 2.24) is 15.5 Å². The van der Waals surface area contributed by atoms with Crippen LogP contribution in [0.15, 0.2) is 24.3 Å². The Labute approximate surface area is 175 Å². The summed E-state index contributed by atoms with van der Waals surface area (Å²) < 4.78 is 10.6. The molecular formula is C20H27N3O5S. The van der Waals surface area contributed by atoms with Crippen molar-refractivity contribution in [2.75, 3.05) is 26.3 Å². The van der Waals surface area contributed by atoms with E-state index in [0.717, 1.165) is 12.8 Å². The van der Waals surface area contributed by atoms with Crippen molar-refractivity contribution in [3.05, 3.63) is 29.8 Å². The molecule has 0 aliphatic carbocycles. The van der Waals surface area contributed by atoms with Gasteiger partial charge in [-0.25, -0.2) is 0 Å². The Morgan fingerprint density at radius 3 is 2.86 bits per heavy atom. The van der Waals surface area contributed by atoms with Gasteiger partial charge in [0.1, 0.15) is 11.8 Å². The van der Waals surface area contributed by atoms with Crippen LogP contribution in [0.3, 0.4) is 0 Å². The molecule has 0 spiro atoms. The van der Waals surface area contributed by atoms with Gasteiger partial charge in [-0.1, -0.05) is 19.4 Å². The molecule has 1 unspecified atom stereocenters. The number of hydrogen-bond acceptors (Lipinski definition) is 6. The fourth-order valence-corrected chi connectivity index (χ4v) is 3.15. The second-order valence-corrected chi connectivity index (χ2v) is 6.89. The van der Waals surface area contributed by atoms with Gasteiger partial charge in [-0.15, -0.1) is 0 Å². The highest BCUT2D eigenvalue weighted by molar-refractivity contribution is 7.80. The molecule has 1 heterocycles. The highest BCUT2D eigenvalue weighted by Gasteiger charge is 2.34. The molecule has 1 atom stereocenters. The minimum absolute atomic E-state index is 0.0954. The molecule has 1 aliphatic heterocycles. The van der Waals surface area contributed by atoms with Gasteiger partial charge in [-0.3, -0.25) is 19.7 Å². The Balaban J connectivity index is 2.02. The minimum atomic E-state index is -0.819. The first kappa shape index (κ1) is 22.6. The highest BCUT2D eigenvalue weighted by atomic mass is 32.1. The predicted octanol–water partition coefficient (Wildman–Crippen LogP) is 1.63. The molecule has 2 rings (SSSR count). The van der Waals surface area contributed by atoms with Crippen molar-refractivity contribution in [2.45, 2.75) is 39.2 Å². The van der Waals surface area contributed by atoms with Crippen LogP contribution in [0.5, 0.6) is 5.75 Å². The molecule has 29 heavy (non-hydrogen) atoms. The Morgan fingerprint density at radius 1 is 1.34 bits per heavy atom. The lowest BCUT2D eigenvalue weighted by Crippen LogP contribution is -2.60. The van der Waals surface area contributed by atoms with Gasteiger partial charge in [0.05, 0.1) is 19.6 Å². The van der Waals surface area contributed by atoms with E-state index in [1.54, 1.807) is 29.2 Å². The van der Waals surface area contributed by atoms with E-state index in [4.69, 9.17) is 21.7 Å². The largest absolute Gasteiger partial charge is 0.494 e. The van der Waals surface area contributed by atoms with Crippen LogP contribution in [0.25, 0.3) is 0 Å². The summed E-state index contributed by atoms with van der Waals surface area (Å²) in [6.07, 6.45) is 1.54. The Hall–Kier alpha value is -2.68. The number of carbonyl (C=O) groups excluding carboxylic acids is 3. The zero-order chi connectivity index (χ0) is 21.2. The molecule has 1 aromatic carbocycles. The first-order valence-corrected chi connectivity index (χ1v) is 10.1. The summed E-state index contributed by atoms with van der Waals surface area (Å²) in [6, 6.07) is 5.92. The van der Waals surface area contributed by atoms with Crippen molar-refractivity contribution >= 4 is 35.1 Å². The van der Waals surface area contributed by atoms with Crippen molar-refractivity contribution < 1.29 is 23.9 Å². The lowest BCUT2D eigenvalue weighted by molar-refractivity contribution is -0.147. The Bertz CT molecular complexity index is 755. The molecule has 0 bridgehead atoms. The molecule has 9 heteroatoms. The minimum Gasteiger partial charge on any atom is -0.494 e. The van der Waals surface area contributed by atoms with Crippen molar-refractivity contribution in [2.24, 2.45) is 0 Å². The maximum absolute atomic E-state index is 12.6. The van der Waals surface area contributed by atoms with E-state index in [0.29, 0.717) is 37.6 Å². The maximum atomic E-state index is 12.6. The number of unbranched alkanes of at least 4 members (excludes halogenated alkanes) is 1. The number of benzene rings is 1. The number of nitrogens with one attached hydrogen (secondary N) is 2. The SMILES string of the molecule is CCCCOC(=O)CC1C(=O)NCCN1C(=S)NC(=O)c1cccc(OCC)c1. The Morgan fingerprint density at radius 2 is 2.14 bits per heavy atom. The predicted molar refractivity (Wildman–Crippen MR) is 112 cm³/mol. The van der Waals surface area contributed by atoms with E-state index in [9.17, 15) is 14.4 Å². The summed E-state index contributed by atoms with van der Waals surface area (Å²) in [7, 11) is 0. The summed E-state index contributed by atoms with van der Waals surface area (Å²) in [4.78, 5) is 38.5. The highest BCUT2D eigenvalue weighted by Crippen LogP contribution is 2.14. The lowest BCUT2D eigenvalue weighted by Gasteiger charge is -2.36. The van der Waals surface area contributed by atoms with Crippen LogP contribution < -0.4 is 15.4 Å². The van der Waals surface area contributed by atoms with E-state index in [1.807, 2.05) is 13.8 Å². The van der Waals surface area contributed by atoms with Gasteiger partial charge >= 0.3 is 5.97 Å². The molecule has 158 valence electrons. The molecule has 2 amide bonds. The first-order chi connectivity index (χ1) is 14.0. The number of nitrogens with zero attached hydrogens (tertiary/aromatic N) is 1. The second kappa shape index (κ2) is 11.4. The number of esters is 1. The summed E-state index contributed by atoms with van der Waals surface area (Å²) in [6.45, 7) is 5.42. The number of ether oxygens (including phenoxy) is 2. The molecular weight excluding hydrogens is 394 g/mol. The molecule has 0 saturated carbocycles. The number of rotatable bonds is 8. The van der Waals surface area contributed by atoms with Crippen molar-refractivity contribution in [3.63, 3.8) is 0 Å². The van der Waals surface area contributed by atoms with E-state index in [2.05, 4.69) is 10.6 Å². The average Bonchev–Trinajstić information content (AvgIpc) is 2.70. The van der Waals surface area contributed by atoms with Crippen LogP contribution in [0.4, 0.5) is 0 Å². The van der Waals surface area contributed by atoms with Crippen LogP contribution in [0.1, 0.15) is 43.5 Å². The molecule has 8 nitrogen and oxygen atoms in total. The van der Waals surface area contributed by atoms with Crippen molar-refractivity contribution in [3.8, 4) is 5.75 Å². The zero-order valence-electron chi connectivity index (χ0n) is 16.7. The third-order valence-electron chi connectivity index (χ3n) is 4.34. The number of piperazine rings is 1. The van der Waals surface area contributed by atoms with Gasteiger partial charge in [0.25, 0.3) is 5.91 Å². The van der Waals surface area contributed by atoms with Gasteiger partial charge in [0.15, 0.2) is 5.11 Å². The molecule has 1 aromatic rings. The Kier molecular flexibility index (Phi) is 8.85. The molecule has 0 aromatic heterocycles. The van der Waals surface area contributed by atoms with Crippen LogP contribution >= 0.6 is 12.2 Å². The standard InChI is InChI=1S/C20H27N3O5S/c1-3-5-11-28-17(24)13-16-19(26)21-9-10-23(16)20(29)22-18(25)14-7-6-8-15(12-14)27-4-2/h6-8,12,16H,3-5,9-11,13H2,1-2H3,(H,21,26)(H,22,25,29). The molecule has 1 aliphatic rings. The topological polar surface area (TPSA) is 97.0 Å². The van der Waals surface area contributed by atoms with E-state index in [1.165, 1.54) is 0 Å². The average molecular weight is 422 g/mol. The normalized spacial score (nSPS) is 16.0. The van der Waals surface area contributed by atoms with E-state index in [-0.39, 0.29) is 17.4 Å². The summed E-state index contributed by atoms with van der Waals surface area (Å²) in [5.74, 6) is -0.620. The van der Waals surface area contributed by atoms with Gasteiger partial charge < -0.3 is 19.7 Å². The zero-order valence-corrected chi connectivity index (χ0v) is 17.5. The summed E-state index contributed by atoms with van der Waals surface area (Å²) >= 11 is 5.35. The number of carbonyl (C=O) groups is 3. The van der Waals surface area contributed by atoms with Crippen LogP contribution in [0, 0.1) is 0 Å². The second-order valence-electron chi connectivity index (χ2n) is 6.50. The van der Waals surface area contributed by atoms with Gasteiger partial charge in [-0.2, -0.15) is 0 Å². The third-order valence-corrected chi connectivity index (χ3v) is 4.68. The molecule has 0 radical (unpaired) electrons. The third kappa shape index (κ3) is 6.70. The molecule has 1 saturated heterocycles. The maximum Gasteiger partial charge on any atom is 0.308 e.